The fraction of sp³-hybridized carbons (Fsp3) is 0. The Morgan fingerprint density at radius 1 is 1.14 bits per heavy atom. The van der Waals surface area contributed by atoms with E-state index < -0.39 is 0 Å². The van der Waals surface area contributed by atoms with Crippen molar-refractivity contribution in [2.24, 2.45) is 0 Å². The molecular weight excluding hydrogens is 242 g/mol. The first kappa shape index (κ1) is 8.00. The molecule has 0 bridgehead atoms. The van der Waals surface area contributed by atoms with E-state index in [0.717, 1.165) is 20.8 Å². The molecule has 0 unspecified atom stereocenters. The second-order valence-electron chi connectivity index (χ2n) is 3.10. The predicted octanol–water partition coefficient (Wildman–Crippen LogP) is 3.74. The number of hydrogen-bond acceptors (Lipinski definition) is 2. The SMILES string of the molecule is Brc1ccc2oc3ncccc3c2c1. The summed E-state index contributed by atoms with van der Waals surface area (Å²) in [6.07, 6.45) is 1.74. The van der Waals surface area contributed by atoms with Crippen LogP contribution in [-0.4, -0.2) is 4.98 Å². The molecule has 2 aromatic heterocycles. The molecule has 2 heterocycles. The predicted molar refractivity (Wildman–Crippen MR) is 59.2 cm³/mol. The third-order valence-corrected chi connectivity index (χ3v) is 2.70. The van der Waals surface area contributed by atoms with Gasteiger partial charge < -0.3 is 4.42 Å². The zero-order chi connectivity index (χ0) is 9.54. The molecule has 0 radical (unpaired) electrons. The van der Waals surface area contributed by atoms with E-state index in [9.17, 15) is 0 Å². The largest absolute Gasteiger partial charge is 0.438 e. The highest BCUT2D eigenvalue weighted by Crippen LogP contribution is 2.29. The average Bonchev–Trinajstić information content (AvgIpc) is 2.56. The van der Waals surface area contributed by atoms with Crippen LogP contribution in [0.15, 0.2) is 45.4 Å². The zero-order valence-corrected chi connectivity index (χ0v) is 8.78. The molecule has 0 saturated heterocycles. The molecule has 0 fully saturated rings. The summed E-state index contributed by atoms with van der Waals surface area (Å²) in [7, 11) is 0. The van der Waals surface area contributed by atoms with Crippen molar-refractivity contribution in [2.45, 2.75) is 0 Å². The van der Waals surface area contributed by atoms with Crippen molar-refractivity contribution in [3.63, 3.8) is 0 Å². The van der Waals surface area contributed by atoms with Crippen molar-refractivity contribution in [3.05, 3.63) is 41.0 Å². The van der Waals surface area contributed by atoms with E-state index in [1.165, 1.54) is 0 Å². The van der Waals surface area contributed by atoms with E-state index in [-0.39, 0.29) is 0 Å². The maximum atomic E-state index is 5.58. The number of hydrogen-bond donors (Lipinski definition) is 0. The Bertz CT molecular complexity index is 615. The molecule has 1 aromatic carbocycles. The average molecular weight is 248 g/mol. The Kier molecular flexibility index (Phi) is 1.61. The number of fused-ring (bicyclic) bond motifs is 3. The minimum atomic E-state index is 0.695. The number of halogens is 1. The highest BCUT2D eigenvalue weighted by molar-refractivity contribution is 9.10. The summed E-state index contributed by atoms with van der Waals surface area (Å²) >= 11 is 3.44. The second-order valence-corrected chi connectivity index (χ2v) is 4.01. The monoisotopic (exact) mass is 247 g/mol. The minimum absolute atomic E-state index is 0.695. The van der Waals surface area contributed by atoms with Crippen LogP contribution in [0.5, 0.6) is 0 Å². The molecule has 3 aromatic rings. The van der Waals surface area contributed by atoms with E-state index >= 15 is 0 Å². The number of furan rings is 1. The van der Waals surface area contributed by atoms with Crippen LogP contribution in [0.4, 0.5) is 0 Å². The molecule has 68 valence electrons. The first-order chi connectivity index (χ1) is 6.84. The Morgan fingerprint density at radius 3 is 3.00 bits per heavy atom. The normalized spacial score (nSPS) is 11.2. The van der Waals surface area contributed by atoms with Gasteiger partial charge in [-0.25, -0.2) is 4.98 Å². The number of rotatable bonds is 0. The molecule has 3 rings (SSSR count). The Morgan fingerprint density at radius 2 is 2.07 bits per heavy atom. The number of pyridine rings is 1. The number of benzene rings is 1. The van der Waals surface area contributed by atoms with Gasteiger partial charge in [-0.3, -0.25) is 0 Å². The van der Waals surface area contributed by atoms with Gasteiger partial charge >= 0.3 is 0 Å². The Hall–Kier alpha value is -1.35. The number of aromatic nitrogens is 1. The van der Waals surface area contributed by atoms with Gasteiger partial charge in [0.05, 0.1) is 0 Å². The van der Waals surface area contributed by atoms with E-state index in [0.29, 0.717) is 5.71 Å². The van der Waals surface area contributed by atoms with Gasteiger partial charge in [-0.05, 0) is 30.3 Å². The molecule has 14 heavy (non-hydrogen) atoms. The minimum Gasteiger partial charge on any atom is -0.438 e. The van der Waals surface area contributed by atoms with Gasteiger partial charge in [0.2, 0.25) is 5.71 Å². The topological polar surface area (TPSA) is 26.0 Å². The molecule has 2 nitrogen and oxygen atoms in total. The highest BCUT2D eigenvalue weighted by atomic mass is 79.9. The highest BCUT2D eigenvalue weighted by Gasteiger charge is 2.06. The maximum Gasteiger partial charge on any atom is 0.227 e. The molecule has 0 spiro atoms. The van der Waals surface area contributed by atoms with Crippen LogP contribution in [0.1, 0.15) is 0 Å². The molecule has 0 aliphatic carbocycles. The van der Waals surface area contributed by atoms with Gasteiger partial charge in [0, 0.05) is 21.4 Å². The van der Waals surface area contributed by atoms with E-state index in [4.69, 9.17) is 4.42 Å². The van der Waals surface area contributed by atoms with Gasteiger partial charge in [-0.15, -0.1) is 0 Å². The summed E-state index contributed by atoms with van der Waals surface area (Å²) in [6, 6.07) is 9.88. The lowest BCUT2D eigenvalue weighted by atomic mass is 10.2. The molecule has 0 atom stereocenters. The Balaban J connectivity index is 2.58. The molecule has 0 aliphatic heterocycles. The van der Waals surface area contributed by atoms with Gasteiger partial charge in [-0.1, -0.05) is 15.9 Å². The summed E-state index contributed by atoms with van der Waals surface area (Å²) < 4.78 is 6.63. The standard InChI is InChI=1S/C11H6BrNO/c12-7-3-4-10-9(6-7)8-2-1-5-13-11(8)14-10/h1-6H. The Labute approximate surface area is 88.7 Å². The van der Waals surface area contributed by atoms with Gasteiger partial charge in [0.15, 0.2) is 0 Å². The van der Waals surface area contributed by atoms with Gasteiger partial charge in [0.25, 0.3) is 0 Å². The van der Waals surface area contributed by atoms with Crippen molar-refractivity contribution in [1.29, 1.82) is 0 Å². The lowest BCUT2D eigenvalue weighted by Gasteiger charge is -1.89. The smallest absolute Gasteiger partial charge is 0.227 e. The third kappa shape index (κ3) is 1.06. The van der Waals surface area contributed by atoms with Gasteiger partial charge in [-0.2, -0.15) is 0 Å². The van der Waals surface area contributed by atoms with Crippen molar-refractivity contribution in [3.8, 4) is 0 Å². The lowest BCUT2D eigenvalue weighted by molar-refractivity contribution is 0.654. The van der Waals surface area contributed by atoms with E-state index in [1.54, 1.807) is 6.20 Å². The first-order valence-electron chi connectivity index (χ1n) is 4.27. The van der Waals surface area contributed by atoms with Crippen LogP contribution in [0.2, 0.25) is 0 Å². The summed E-state index contributed by atoms with van der Waals surface area (Å²) in [5.41, 5.74) is 1.57. The summed E-state index contributed by atoms with van der Waals surface area (Å²) in [6.45, 7) is 0. The summed E-state index contributed by atoms with van der Waals surface area (Å²) in [5, 5.41) is 2.16. The van der Waals surface area contributed by atoms with Crippen LogP contribution >= 0.6 is 15.9 Å². The number of nitrogens with zero attached hydrogens (tertiary/aromatic N) is 1. The lowest BCUT2D eigenvalue weighted by Crippen LogP contribution is -1.69. The molecule has 0 N–H and O–H groups in total. The van der Waals surface area contributed by atoms with Crippen LogP contribution in [0.3, 0.4) is 0 Å². The molecule has 3 heteroatoms. The van der Waals surface area contributed by atoms with Crippen molar-refractivity contribution in [2.75, 3.05) is 0 Å². The molecule has 0 saturated carbocycles. The van der Waals surface area contributed by atoms with Crippen LogP contribution in [-0.2, 0) is 0 Å². The fourth-order valence-electron chi connectivity index (χ4n) is 1.58. The third-order valence-electron chi connectivity index (χ3n) is 2.21. The van der Waals surface area contributed by atoms with Gasteiger partial charge in [0.1, 0.15) is 5.58 Å². The molecule has 0 aliphatic rings. The maximum absolute atomic E-state index is 5.58. The summed E-state index contributed by atoms with van der Waals surface area (Å²) in [4.78, 5) is 4.17. The van der Waals surface area contributed by atoms with E-state index in [1.807, 2.05) is 30.3 Å². The zero-order valence-electron chi connectivity index (χ0n) is 7.20. The quantitative estimate of drug-likeness (QED) is 0.605. The van der Waals surface area contributed by atoms with Crippen molar-refractivity contribution >= 4 is 38.0 Å². The van der Waals surface area contributed by atoms with Crippen LogP contribution in [0, 0.1) is 0 Å². The van der Waals surface area contributed by atoms with Crippen molar-refractivity contribution < 1.29 is 4.42 Å². The second kappa shape index (κ2) is 2.82. The molecular formula is C11H6BrNO. The fourth-order valence-corrected chi connectivity index (χ4v) is 1.94. The van der Waals surface area contributed by atoms with Crippen molar-refractivity contribution in [1.82, 2.24) is 4.98 Å². The van der Waals surface area contributed by atoms with E-state index in [2.05, 4.69) is 20.9 Å². The van der Waals surface area contributed by atoms with Crippen LogP contribution < -0.4 is 0 Å². The summed E-state index contributed by atoms with van der Waals surface area (Å²) in [5.74, 6) is 0. The first-order valence-corrected chi connectivity index (χ1v) is 5.07. The molecule has 0 amide bonds. The van der Waals surface area contributed by atoms with Crippen LogP contribution in [0.25, 0.3) is 22.1 Å².